The molecule has 19 heavy (non-hydrogen) atoms. The number of hydrogen-bond donors (Lipinski definition) is 1. The Hall–Kier alpha value is -1.72. The predicted octanol–water partition coefficient (Wildman–Crippen LogP) is 3.25. The maximum absolute atomic E-state index is 13.3. The first kappa shape index (κ1) is 15.3. The number of ether oxygens (including phenoxy) is 1. The first-order chi connectivity index (χ1) is 8.70. The van der Waals surface area contributed by atoms with Gasteiger partial charge in [0.25, 0.3) is 0 Å². The van der Waals surface area contributed by atoms with E-state index in [0.29, 0.717) is 0 Å². The highest BCUT2D eigenvalue weighted by Gasteiger charge is 2.16. The zero-order chi connectivity index (χ0) is 14.6. The quantitative estimate of drug-likeness (QED) is 0.677. The zero-order valence-corrected chi connectivity index (χ0v) is 11.0. The second-order valence-corrected chi connectivity index (χ2v) is 4.99. The normalized spacial score (nSPS) is 11.3. The summed E-state index contributed by atoms with van der Waals surface area (Å²) < 4.78 is 43.9. The first-order valence-electron chi connectivity index (χ1n) is 5.80. The van der Waals surface area contributed by atoms with E-state index < -0.39 is 29.0 Å². The van der Waals surface area contributed by atoms with Crippen molar-refractivity contribution in [1.82, 2.24) is 0 Å². The molecule has 3 nitrogen and oxygen atoms in total. The Bertz CT molecular complexity index is 470. The minimum absolute atomic E-state index is 0.00426. The van der Waals surface area contributed by atoms with Crippen LogP contribution in [0.2, 0.25) is 0 Å². The van der Waals surface area contributed by atoms with Crippen molar-refractivity contribution in [2.75, 3.05) is 11.9 Å². The van der Waals surface area contributed by atoms with E-state index in [4.69, 9.17) is 4.74 Å². The predicted molar refractivity (Wildman–Crippen MR) is 65.3 cm³/mol. The number of rotatable bonds is 4. The van der Waals surface area contributed by atoms with Gasteiger partial charge < -0.3 is 10.1 Å². The molecule has 0 unspecified atom stereocenters. The van der Waals surface area contributed by atoms with E-state index in [-0.39, 0.29) is 18.7 Å². The Morgan fingerprint density at radius 1 is 1.21 bits per heavy atom. The van der Waals surface area contributed by atoms with E-state index in [1.165, 1.54) is 0 Å². The second-order valence-electron chi connectivity index (χ2n) is 4.99. The molecular formula is C13H16F3NO2. The van der Waals surface area contributed by atoms with Gasteiger partial charge in [0.1, 0.15) is 5.60 Å². The molecule has 0 aliphatic heterocycles. The van der Waals surface area contributed by atoms with Crippen LogP contribution in [0.15, 0.2) is 12.1 Å². The molecule has 0 bridgehead atoms. The smallest absolute Gasteiger partial charge is 0.308 e. The monoisotopic (exact) mass is 275 g/mol. The van der Waals surface area contributed by atoms with Gasteiger partial charge in [0, 0.05) is 6.54 Å². The fourth-order valence-electron chi connectivity index (χ4n) is 1.35. The lowest BCUT2D eigenvalue weighted by Crippen LogP contribution is -2.25. The summed E-state index contributed by atoms with van der Waals surface area (Å²) >= 11 is 0. The van der Waals surface area contributed by atoms with Gasteiger partial charge >= 0.3 is 5.97 Å². The number of esters is 1. The summed E-state index contributed by atoms with van der Waals surface area (Å²) in [5, 5.41) is 2.52. The van der Waals surface area contributed by atoms with Gasteiger partial charge in [-0.2, -0.15) is 0 Å². The minimum atomic E-state index is -1.54. The van der Waals surface area contributed by atoms with Crippen molar-refractivity contribution in [1.29, 1.82) is 0 Å². The third-order valence-corrected chi connectivity index (χ3v) is 2.10. The number of benzene rings is 1. The van der Waals surface area contributed by atoms with Gasteiger partial charge in [0.05, 0.1) is 12.1 Å². The van der Waals surface area contributed by atoms with Gasteiger partial charge in [-0.15, -0.1) is 0 Å². The molecule has 0 saturated carbocycles. The molecule has 0 aliphatic rings. The van der Waals surface area contributed by atoms with E-state index in [1.807, 2.05) is 0 Å². The summed E-state index contributed by atoms with van der Waals surface area (Å²) in [5.41, 5.74) is -0.785. The molecule has 0 atom stereocenters. The van der Waals surface area contributed by atoms with Gasteiger partial charge in [-0.3, -0.25) is 4.79 Å². The van der Waals surface area contributed by atoms with Crippen LogP contribution in [0.4, 0.5) is 18.9 Å². The molecular weight excluding hydrogens is 259 g/mol. The molecule has 1 rings (SSSR count). The van der Waals surface area contributed by atoms with E-state index in [2.05, 4.69) is 5.32 Å². The van der Waals surface area contributed by atoms with Gasteiger partial charge in [-0.05, 0) is 32.9 Å². The topological polar surface area (TPSA) is 38.3 Å². The molecule has 0 radical (unpaired) electrons. The van der Waals surface area contributed by atoms with Crippen molar-refractivity contribution in [3.05, 3.63) is 29.6 Å². The number of carbonyl (C=O) groups excluding carboxylic acids is 1. The third kappa shape index (κ3) is 4.81. The van der Waals surface area contributed by atoms with Gasteiger partial charge in [-0.25, -0.2) is 13.2 Å². The Morgan fingerprint density at radius 3 is 2.42 bits per heavy atom. The highest BCUT2D eigenvalue weighted by molar-refractivity contribution is 5.70. The number of nitrogens with one attached hydrogen (secondary N) is 1. The average Bonchev–Trinajstić information content (AvgIpc) is 2.27. The second kappa shape index (κ2) is 5.95. The highest BCUT2D eigenvalue weighted by Crippen LogP contribution is 2.19. The summed E-state index contributed by atoms with van der Waals surface area (Å²) in [7, 11) is 0. The van der Waals surface area contributed by atoms with E-state index in [0.717, 1.165) is 12.1 Å². The molecule has 1 N–H and O–H groups in total. The lowest BCUT2D eigenvalue weighted by atomic mass is 10.2. The first-order valence-corrected chi connectivity index (χ1v) is 5.80. The van der Waals surface area contributed by atoms with Crippen molar-refractivity contribution in [3.63, 3.8) is 0 Å². The molecule has 0 aliphatic carbocycles. The molecule has 0 amide bonds. The summed E-state index contributed by atoms with van der Waals surface area (Å²) in [6.07, 6.45) is -0.00426. The van der Waals surface area contributed by atoms with Crippen LogP contribution in [0.3, 0.4) is 0 Å². The lowest BCUT2D eigenvalue weighted by Gasteiger charge is -2.19. The van der Waals surface area contributed by atoms with Crippen molar-refractivity contribution < 1.29 is 22.7 Å². The van der Waals surface area contributed by atoms with Crippen LogP contribution >= 0.6 is 0 Å². The number of anilines is 1. The molecule has 1 aromatic carbocycles. The van der Waals surface area contributed by atoms with E-state index in [9.17, 15) is 18.0 Å². The van der Waals surface area contributed by atoms with Crippen LogP contribution in [0.1, 0.15) is 27.2 Å². The maximum Gasteiger partial charge on any atom is 0.308 e. The summed E-state index contributed by atoms with van der Waals surface area (Å²) in [6, 6.07) is 1.89. The summed E-state index contributed by atoms with van der Waals surface area (Å²) in [6.45, 7) is 5.25. The molecule has 0 fully saturated rings. The molecule has 0 aromatic heterocycles. The Balaban J connectivity index is 2.50. The van der Waals surface area contributed by atoms with Gasteiger partial charge in [-0.1, -0.05) is 0 Å². The van der Waals surface area contributed by atoms with Crippen molar-refractivity contribution in [3.8, 4) is 0 Å². The van der Waals surface area contributed by atoms with Crippen LogP contribution in [0.25, 0.3) is 0 Å². The number of halogens is 3. The van der Waals surface area contributed by atoms with Crippen LogP contribution < -0.4 is 5.32 Å². The molecule has 1 aromatic rings. The number of hydrogen-bond acceptors (Lipinski definition) is 3. The largest absolute Gasteiger partial charge is 0.460 e. The molecule has 6 heteroatoms. The summed E-state index contributed by atoms with van der Waals surface area (Å²) in [4.78, 5) is 11.4. The van der Waals surface area contributed by atoms with Crippen LogP contribution in [-0.4, -0.2) is 18.1 Å². The molecule has 0 spiro atoms. The van der Waals surface area contributed by atoms with Gasteiger partial charge in [0.15, 0.2) is 17.5 Å². The van der Waals surface area contributed by atoms with Crippen molar-refractivity contribution in [2.24, 2.45) is 0 Å². The Kier molecular flexibility index (Phi) is 4.80. The lowest BCUT2D eigenvalue weighted by molar-refractivity contribution is -0.154. The Labute approximate surface area is 109 Å². The fourth-order valence-corrected chi connectivity index (χ4v) is 1.35. The van der Waals surface area contributed by atoms with Crippen molar-refractivity contribution >= 4 is 11.7 Å². The average molecular weight is 275 g/mol. The van der Waals surface area contributed by atoms with E-state index >= 15 is 0 Å². The standard InChI is InChI=1S/C13H16F3NO2/c1-13(2,3)19-10(18)6-7-17-9-5-4-8(14)11(15)12(9)16/h4-5,17H,6-7H2,1-3H3. The molecule has 0 saturated heterocycles. The fraction of sp³-hybridized carbons (Fsp3) is 0.462. The zero-order valence-electron chi connectivity index (χ0n) is 11.0. The van der Waals surface area contributed by atoms with Crippen molar-refractivity contribution in [2.45, 2.75) is 32.8 Å². The van der Waals surface area contributed by atoms with Crippen LogP contribution in [0, 0.1) is 17.5 Å². The molecule has 106 valence electrons. The highest BCUT2D eigenvalue weighted by atomic mass is 19.2. The van der Waals surface area contributed by atoms with Gasteiger partial charge in [0.2, 0.25) is 0 Å². The maximum atomic E-state index is 13.3. The van der Waals surface area contributed by atoms with Crippen LogP contribution in [-0.2, 0) is 9.53 Å². The number of carbonyl (C=O) groups is 1. The van der Waals surface area contributed by atoms with Crippen LogP contribution in [0.5, 0.6) is 0 Å². The summed E-state index contributed by atoms with van der Waals surface area (Å²) in [5.74, 6) is -4.55. The van der Waals surface area contributed by atoms with E-state index in [1.54, 1.807) is 20.8 Å². The SMILES string of the molecule is CC(C)(C)OC(=O)CCNc1ccc(F)c(F)c1F. The molecule has 0 heterocycles. The Morgan fingerprint density at radius 2 is 1.84 bits per heavy atom. The minimum Gasteiger partial charge on any atom is -0.460 e. The third-order valence-electron chi connectivity index (χ3n) is 2.10.